The summed E-state index contributed by atoms with van der Waals surface area (Å²) in [6.07, 6.45) is 6.13. The van der Waals surface area contributed by atoms with E-state index >= 15 is 0 Å². The average molecular weight is 319 g/mol. The minimum atomic E-state index is 0. The number of likely N-dealkylation sites (tertiary alicyclic amines) is 1. The predicted molar refractivity (Wildman–Crippen MR) is 82.8 cm³/mol. The number of halogens is 1. The number of carbonyl (C=O) groups excluding carboxylic acids is 1. The zero-order chi connectivity index (χ0) is 13.8. The Kier molecular flexibility index (Phi) is 6.74. The zero-order valence-electron chi connectivity index (χ0n) is 12.6. The maximum absolute atomic E-state index is 12.1. The first-order valence-electron chi connectivity index (χ1n) is 8.05. The third-order valence-corrected chi connectivity index (χ3v) is 4.68. The van der Waals surface area contributed by atoms with Crippen molar-refractivity contribution >= 4 is 18.3 Å². The molecule has 3 heterocycles. The molecule has 1 N–H and O–H groups in total. The SMILES string of the molecule is Cl.O=C(C1CNC1)N1CCC(OCC2CCCCO2)CC1. The van der Waals surface area contributed by atoms with Gasteiger partial charge in [0.05, 0.1) is 24.7 Å². The summed E-state index contributed by atoms with van der Waals surface area (Å²) in [4.78, 5) is 14.1. The number of rotatable bonds is 4. The fourth-order valence-electron chi connectivity index (χ4n) is 3.15. The van der Waals surface area contributed by atoms with Crippen molar-refractivity contribution in [1.29, 1.82) is 0 Å². The molecule has 5 nitrogen and oxygen atoms in total. The highest BCUT2D eigenvalue weighted by Gasteiger charge is 2.31. The fourth-order valence-corrected chi connectivity index (χ4v) is 3.15. The van der Waals surface area contributed by atoms with Gasteiger partial charge in [0.2, 0.25) is 5.91 Å². The molecule has 3 fully saturated rings. The van der Waals surface area contributed by atoms with Crippen LogP contribution >= 0.6 is 12.4 Å². The molecule has 0 aromatic heterocycles. The van der Waals surface area contributed by atoms with Crippen molar-refractivity contribution in [3.05, 3.63) is 0 Å². The lowest BCUT2D eigenvalue weighted by Gasteiger charge is -2.37. The molecule has 21 heavy (non-hydrogen) atoms. The van der Waals surface area contributed by atoms with Gasteiger partial charge in [-0.25, -0.2) is 0 Å². The molecule has 3 aliphatic heterocycles. The van der Waals surface area contributed by atoms with Gasteiger partial charge in [-0.15, -0.1) is 12.4 Å². The van der Waals surface area contributed by atoms with Gasteiger partial charge in [0, 0.05) is 32.8 Å². The Bertz CT molecular complexity index is 325. The van der Waals surface area contributed by atoms with Crippen LogP contribution in [0.5, 0.6) is 0 Å². The molecule has 0 aromatic carbocycles. The highest BCUT2D eigenvalue weighted by atomic mass is 35.5. The Balaban J connectivity index is 0.00000161. The molecule has 122 valence electrons. The van der Waals surface area contributed by atoms with Crippen molar-refractivity contribution in [2.75, 3.05) is 39.4 Å². The lowest BCUT2D eigenvalue weighted by Crippen LogP contribution is -2.54. The largest absolute Gasteiger partial charge is 0.376 e. The minimum absolute atomic E-state index is 0. The molecule has 0 aromatic rings. The average Bonchev–Trinajstić information content (AvgIpc) is 2.45. The van der Waals surface area contributed by atoms with E-state index in [0.717, 1.165) is 58.7 Å². The Labute approximate surface area is 133 Å². The van der Waals surface area contributed by atoms with Gasteiger partial charge in [-0.05, 0) is 32.1 Å². The van der Waals surface area contributed by atoms with E-state index in [0.29, 0.717) is 18.1 Å². The molecule has 3 aliphatic rings. The number of piperidine rings is 1. The maximum Gasteiger partial charge on any atom is 0.228 e. The summed E-state index contributed by atoms with van der Waals surface area (Å²) in [6, 6.07) is 0. The lowest BCUT2D eigenvalue weighted by molar-refractivity contribution is -0.140. The summed E-state index contributed by atoms with van der Waals surface area (Å²) in [5.74, 6) is 0.556. The normalized spacial score (nSPS) is 27.8. The second-order valence-electron chi connectivity index (χ2n) is 6.20. The van der Waals surface area contributed by atoms with Gasteiger partial charge < -0.3 is 19.7 Å². The molecule has 3 rings (SSSR count). The van der Waals surface area contributed by atoms with E-state index in [-0.39, 0.29) is 18.3 Å². The van der Waals surface area contributed by atoms with Gasteiger partial charge in [-0.1, -0.05) is 0 Å². The molecule has 6 heteroatoms. The molecule has 0 aliphatic carbocycles. The van der Waals surface area contributed by atoms with Gasteiger partial charge in [0.15, 0.2) is 0 Å². The van der Waals surface area contributed by atoms with Crippen LogP contribution in [0.15, 0.2) is 0 Å². The molecule has 0 bridgehead atoms. The second kappa shape index (κ2) is 8.32. The van der Waals surface area contributed by atoms with Crippen LogP contribution in [0.4, 0.5) is 0 Å². The lowest BCUT2D eigenvalue weighted by atomic mass is 9.99. The molecule has 0 spiro atoms. The summed E-state index contributed by atoms with van der Waals surface area (Å²) in [5.41, 5.74) is 0. The zero-order valence-corrected chi connectivity index (χ0v) is 13.4. The minimum Gasteiger partial charge on any atom is -0.376 e. The maximum atomic E-state index is 12.1. The molecule has 1 amide bonds. The van der Waals surface area contributed by atoms with Gasteiger partial charge in [-0.2, -0.15) is 0 Å². The van der Waals surface area contributed by atoms with Crippen molar-refractivity contribution in [2.24, 2.45) is 5.92 Å². The van der Waals surface area contributed by atoms with Crippen LogP contribution in [0, 0.1) is 5.92 Å². The first-order valence-corrected chi connectivity index (χ1v) is 8.05. The standard InChI is InChI=1S/C15H26N2O3.ClH/c18-15(12-9-16-10-12)17-6-4-13(5-7-17)20-11-14-3-1-2-8-19-14;/h12-14,16H,1-11H2;1H. The fraction of sp³-hybridized carbons (Fsp3) is 0.933. The third-order valence-electron chi connectivity index (χ3n) is 4.68. The van der Waals surface area contributed by atoms with E-state index in [1.54, 1.807) is 0 Å². The quantitative estimate of drug-likeness (QED) is 0.846. The summed E-state index contributed by atoms with van der Waals surface area (Å²) < 4.78 is 11.7. The Morgan fingerprint density at radius 1 is 1.19 bits per heavy atom. The highest BCUT2D eigenvalue weighted by molar-refractivity contribution is 5.85. The van der Waals surface area contributed by atoms with Crippen LogP contribution in [0.3, 0.4) is 0 Å². The smallest absolute Gasteiger partial charge is 0.228 e. The molecule has 3 saturated heterocycles. The first kappa shape index (κ1) is 17.0. The van der Waals surface area contributed by atoms with Crippen LogP contribution in [0.1, 0.15) is 32.1 Å². The Morgan fingerprint density at radius 3 is 2.52 bits per heavy atom. The van der Waals surface area contributed by atoms with E-state index in [9.17, 15) is 4.79 Å². The Hall–Kier alpha value is -0.360. The van der Waals surface area contributed by atoms with Crippen molar-refractivity contribution < 1.29 is 14.3 Å². The van der Waals surface area contributed by atoms with Crippen LogP contribution < -0.4 is 5.32 Å². The molecule has 0 saturated carbocycles. The van der Waals surface area contributed by atoms with E-state index < -0.39 is 0 Å². The number of ether oxygens (including phenoxy) is 2. The van der Waals surface area contributed by atoms with Crippen LogP contribution in [0.2, 0.25) is 0 Å². The summed E-state index contributed by atoms with van der Waals surface area (Å²) in [5, 5.41) is 3.16. The molecule has 1 atom stereocenters. The topological polar surface area (TPSA) is 50.8 Å². The van der Waals surface area contributed by atoms with Crippen molar-refractivity contribution in [1.82, 2.24) is 10.2 Å². The van der Waals surface area contributed by atoms with Crippen LogP contribution in [-0.4, -0.2) is 62.4 Å². The molecule has 1 unspecified atom stereocenters. The van der Waals surface area contributed by atoms with Gasteiger partial charge >= 0.3 is 0 Å². The molecular weight excluding hydrogens is 292 g/mol. The second-order valence-corrected chi connectivity index (χ2v) is 6.20. The number of nitrogens with one attached hydrogen (secondary N) is 1. The number of hydrogen-bond donors (Lipinski definition) is 1. The van der Waals surface area contributed by atoms with E-state index in [1.165, 1.54) is 12.8 Å². The van der Waals surface area contributed by atoms with Gasteiger partial charge in [0.25, 0.3) is 0 Å². The van der Waals surface area contributed by atoms with E-state index in [1.807, 2.05) is 4.90 Å². The molecular formula is C15H27ClN2O3. The predicted octanol–water partition coefficient (Wildman–Crippen LogP) is 1.20. The number of carbonyl (C=O) groups is 1. The van der Waals surface area contributed by atoms with Crippen LogP contribution in [-0.2, 0) is 14.3 Å². The Morgan fingerprint density at radius 2 is 1.95 bits per heavy atom. The van der Waals surface area contributed by atoms with Crippen LogP contribution in [0.25, 0.3) is 0 Å². The number of hydrogen-bond acceptors (Lipinski definition) is 4. The third kappa shape index (κ3) is 4.55. The molecule has 0 radical (unpaired) electrons. The highest BCUT2D eigenvalue weighted by Crippen LogP contribution is 2.19. The van der Waals surface area contributed by atoms with E-state index in [2.05, 4.69) is 5.32 Å². The van der Waals surface area contributed by atoms with Crippen molar-refractivity contribution in [2.45, 2.75) is 44.3 Å². The number of amides is 1. The summed E-state index contributed by atoms with van der Waals surface area (Å²) >= 11 is 0. The van der Waals surface area contributed by atoms with E-state index in [4.69, 9.17) is 9.47 Å². The first-order chi connectivity index (χ1) is 9.83. The van der Waals surface area contributed by atoms with Crippen molar-refractivity contribution in [3.8, 4) is 0 Å². The van der Waals surface area contributed by atoms with Crippen molar-refractivity contribution in [3.63, 3.8) is 0 Å². The van der Waals surface area contributed by atoms with Gasteiger partial charge in [0.1, 0.15) is 0 Å². The monoisotopic (exact) mass is 318 g/mol. The summed E-state index contributed by atoms with van der Waals surface area (Å²) in [6.45, 7) is 5.03. The number of nitrogens with zero attached hydrogens (tertiary/aromatic N) is 1. The summed E-state index contributed by atoms with van der Waals surface area (Å²) in [7, 11) is 0. The van der Waals surface area contributed by atoms with Gasteiger partial charge in [-0.3, -0.25) is 4.79 Å².